The van der Waals surface area contributed by atoms with Crippen LogP contribution in [0.2, 0.25) is 0 Å². The molecule has 0 heterocycles. The average molecular weight is 237 g/mol. The number of hydrogen-bond acceptors (Lipinski definition) is 2. The van der Waals surface area contributed by atoms with E-state index in [1.165, 1.54) is 12.1 Å². The van der Waals surface area contributed by atoms with Gasteiger partial charge >= 0.3 is 0 Å². The summed E-state index contributed by atoms with van der Waals surface area (Å²) in [6.45, 7) is 1.91. The van der Waals surface area contributed by atoms with Gasteiger partial charge in [-0.15, -0.1) is 0 Å². The van der Waals surface area contributed by atoms with Crippen molar-refractivity contribution in [2.75, 3.05) is 6.54 Å². The summed E-state index contributed by atoms with van der Waals surface area (Å²) in [7, 11) is 0. The van der Waals surface area contributed by atoms with Crippen molar-refractivity contribution in [3.8, 4) is 0 Å². The minimum atomic E-state index is -0.526. The van der Waals surface area contributed by atoms with Gasteiger partial charge in [0, 0.05) is 12.5 Å². The molecule has 3 atom stereocenters. The number of rotatable bonds is 4. The molecule has 0 unspecified atom stereocenters. The van der Waals surface area contributed by atoms with E-state index in [0.29, 0.717) is 0 Å². The molecule has 1 aromatic rings. The van der Waals surface area contributed by atoms with E-state index in [-0.39, 0.29) is 30.1 Å². The molecule has 0 spiro atoms. The smallest absolute Gasteiger partial charge is 0.223 e. The Labute approximate surface area is 99.7 Å². The molecule has 0 bridgehead atoms. The van der Waals surface area contributed by atoms with E-state index in [9.17, 15) is 9.18 Å². The van der Waals surface area contributed by atoms with Gasteiger partial charge in [0.1, 0.15) is 5.82 Å². The average Bonchev–Trinajstić information content (AvgIpc) is 3.07. The molecule has 0 radical (unpaired) electrons. The van der Waals surface area contributed by atoms with Crippen LogP contribution in [0.25, 0.3) is 0 Å². The fourth-order valence-electron chi connectivity index (χ4n) is 1.94. The maximum Gasteiger partial charge on any atom is 0.223 e. The van der Waals surface area contributed by atoms with Crippen LogP contribution in [-0.2, 0) is 4.79 Å². The second-order valence-electron chi connectivity index (χ2n) is 4.59. The topological polar surface area (TPSA) is 49.3 Å². The van der Waals surface area contributed by atoms with Crippen molar-refractivity contribution in [2.24, 2.45) is 5.92 Å². The Hall–Kier alpha value is -1.42. The van der Waals surface area contributed by atoms with Gasteiger partial charge in [0.25, 0.3) is 0 Å². The molecule has 92 valence electrons. The third-order valence-electron chi connectivity index (χ3n) is 3.00. The Kier molecular flexibility index (Phi) is 3.43. The van der Waals surface area contributed by atoms with Gasteiger partial charge in [0.2, 0.25) is 5.91 Å². The first kappa shape index (κ1) is 12.0. The van der Waals surface area contributed by atoms with Gasteiger partial charge in [0.15, 0.2) is 0 Å². The SMILES string of the molecule is C[C@H](O)CNC(=O)[C@H]1C[C@H]1c1ccc(F)cc1. The van der Waals surface area contributed by atoms with E-state index < -0.39 is 6.10 Å². The summed E-state index contributed by atoms with van der Waals surface area (Å²) in [5.74, 6) is -0.117. The molecule has 4 heteroatoms. The zero-order chi connectivity index (χ0) is 12.4. The molecule has 1 aliphatic carbocycles. The third kappa shape index (κ3) is 3.03. The quantitative estimate of drug-likeness (QED) is 0.832. The van der Waals surface area contributed by atoms with Gasteiger partial charge in [-0.2, -0.15) is 0 Å². The summed E-state index contributed by atoms with van der Waals surface area (Å²) >= 11 is 0. The highest BCUT2D eigenvalue weighted by molar-refractivity contribution is 5.82. The van der Waals surface area contributed by atoms with Gasteiger partial charge in [-0.3, -0.25) is 4.79 Å². The summed E-state index contributed by atoms with van der Waals surface area (Å²) in [6.07, 6.45) is 0.277. The van der Waals surface area contributed by atoms with Crippen LogP contribution in [0.15, 0.2) is 24.3 Å². The zero-order valence-corrected chi connectivity index (χ0v) is 9.69. The fraction of sp³-hybridized carbons (Fsp3) is 0.462. The number of aliphatic hydroxyl groups is 1. The van der Waals surface area contributed by atoms with Gasteiger partial charge in [-0.05, 0) is 37.0 Å². The number of hydrogen-bond donors (Lipinski definition) is 2. The number of carbonyl (C=O) groups excluding carboxylic acids is 1. The van der Waals surface area contributed by atoms with Crippen LogP contribution in [0.3, 0.4) is 0 Å². The number of carbonyl (C=O) groups is 1. The van der Waals surface area contributed by atoms with Crippen LogP contribution >= 0.6 is 0 Å². The Morgan fingerprint density at radius 3 is 2.76 bits per heavy atom. The van der Waals surface area contributed by atoms with Crippen LogP contribution in [0, 0.1) is 11.7 Å². The first-order valence-corrected chi connectivity index (χ1v) is 5.79. The molecule has 1 fully saturated rings. The Bertz CT molecular complexity index is 402. The molecule has 1 aliphatic rings. The van der Waals surface area contributed by atoms with Crippen LogP contribution in [0.5, 0.6) is 0 Å². The van der Waals surface area contributed by atoms with E-state index in [2.05, 4.69) is 5.32 Å². The van der Waals surface area contributed by atoms with Crippen molar-refractivity contribution < 1.29 is 14.3 Å². The Morgan fingerprint density at radius 2 is 2.18 bits per heavy atom. The number of aliphatic hydroxyl groups excluding tert-OH is 1. The first-order valence-electron chi connectivity index (χ1n) is 5.79. The van der Waals surface area contributed by atoms with E-state index in [1.807, 2.05) is 0 Å². The second kappa shape index (κ2) is 4.84. The number of halogens is 1. The van der Waals surface area contributed by atoms with Crippen molar-refractivity contribution in [3.63, 3.8) is 0 Å². The molecular formula is C13H16FNO2. The van der Waals surface area contributed by atoms with Gasteiger partial charge in [-0.1, -0.05) is 12.1 Å². The summed E-state index contributed by atoms with van der Waals surface area (Å²) in [5, 5.41) is 11.8. The molecule has 1 saturated carbocycles. The monoisotopic (exact) mass is 237 g/mol. The lowest BCUT2D eigenvalue weighted by molar-refractivity contribution is -0.122. The van der Waals surface area contributed by atoms with E-state index in [0.717, 1.165) is 12.0 Å². The van der Waals surface area contributed by atoms with Crippen LogP contribution in [0.4, 0.5) is 4.39 Å². The molecule has 0 aromatic heterocycles. The normalized spacial score (nSPS) is 24.2. The van der Waals surface area contributed by atoms with Crippen LogP contribution in [-0.4, -0.2) is 23.7 Å². The van der Waals surface area contributed by atoms with Crippen LogP contribution in [0.1, 0.15) is 24.8 Å². The molecule has 3 nitrogen and oxygen atoms in total. The predicted molar refractivity (Wildman–Crippen MR) is 61.9 cm³/mol. The summed E-state index contributed by atoms with van der Waals surface area (Å²) in [4.78, 5) is 11.7. The van der Waals surface area contributed by atoms with Gasteiger partial charge < -0.3 is 10.4 Å². The summed E-state index contributed by atoms with van der Waals surface area (Å²) < 4.78 is 12.7. The standard InChI is InChI=1S/C13H16FNO2/c1-8(16)7-15-13(17)12-6-11(12)9-2-4-10(14)5-3-9/h2-5,8,11-12,16H,6-7H2,1H3,(H,15,17)/t8-,11-,12-/m0/s1. The Balaban J connectivity index is 1.87. The molecule has 2 rings (SSSR count). The fourth-order valence-corrected chi connectivity index (χ4v) is 1.94. The minimum absolute atomic E-state index is 0.0276. The molecule has 17 heavy (non-hydrogen) atoms. The van der Waals surface area contributed by atoms with Crippen LogP contribution < -0.4 is 5.32 Å². The highest BCUT2D eigenvalue weighted by Gasteiger charge is 2.43. The van der Waals surface area contributed by atoms with E-state index >= 15 is 0 Å². The lowest BCUT2D eigenvalue weighted by atomic mass is 10.1. The Morgan fingerprint density at radius 1 is 1.53 bits per heavy atom. The highest BCUT2D eigenvalue weighted by Crippen LogP contribution is 2.47. The second-order valence-corrected chi connectivity index (χ2v) is 4.59. The molecule has 1 amide bonds. The van der Waals surface area contributed by atoms with Gasteiger partial charge in [0.05, 0.1) is 6.10 Å². The van der Waals surface area contributed by atoms with Crippen molar-refractivity contribution in [2.45, 2.75) is 25.4 Å². The van der Waals surface area contributed by atoms with Crippen molar-refractivity contribution >= 4 is 5.91 Å². The maximum absolute atomic E-state index is 12.7. The van der Waals surface area contributed by atoms with E-state index in [4.69, 9.17) is 5.11 Å². The predicted octanol–water partition coefficient (Wildman–Crippen LogP) is 1.43. The van der Waals surface area contributed by atoms with Crippen molar-refractivity contribution in [1.82, 2.24) is 5.32 Å². The molecule has 2 N–H and O–H groups in total. The summed E-state index contributed by atoms with van der Waals surface area (Å²) in [6, 6.07) is 6.28. The highest BCUT2D eigenvalue weighted by atomic mass is 19.1. The lowest BCUT2D eigenvalue weighted by Gasteiger charge is -2.06. The molecule has 0 aliphatic heterocycles. The molecule has 0 saturated heterocycles. The molecular weight excluding hydrogens is 221 g/mol. The van der Waals surface area contributed by atoms with Gasteiger partial charge in [-0.25, -0.2) is 4.39 Å². The lowest BCUT2D eigenvalue weighted by Crippen LogP contribution is -2.31. The van der Waals surface area contributed by atoms with Crippen molar-refractivity contribution in [1.29, 1.82) is 0 Å². The number of amides is 1. The summed E-state index contributed by atoms with van der Waals surface area (Å²) in [5.41, 5.74) is 1.00. The largest absolute Gasteiger partial charge is 0.392 e. The maximum atomic E-state index is 12.7. The number of nitrogens with one attached hydrogen (secondary N) is 1. The third-order valence-corrected chi connectivity index (χ3v) is 3.00. The first-order chi connectivity index (χ1) is 8.08. The number of benzene rings is 1. The van der Waals surface area contributed by atoms with Crippen molar-refractivity contribution in [3.05, 3.63) is 35.6 Å². The molecule has 1 aromatic carbocycles. The zero-order valence-electron chi connectivity index (χ0n) is 9.69. The minimum Gasteiger partial charge on any atom is -0.392 e. The van der Waals surface area contributed by atoms with E-state index in [1.54, 1.807) is 19.1 Å².